The Bertz CT molecular complexity index is 572. The number of carbonyl (C=O) groups is 2. The highest BCUT2D eigenvalue weighted by Gasteiger charge is 2.51. The number of likely N-dealkylation sites (tertiary alicyclic amines) is 1. The smallest absolute Gasteiger partial charge is 0.243 e. The van der Waals surface area contributed by atoms with Crippen LogP contribution in [0.4, 0.5) is 0 Å². The van der Waals surface area contributed by atoms with Gasteiger partial charge in [0.05, 0.1) is 5.92 Å². The topological polar surface area (TPSA) is 49.4 Å². The van der Waals surface area contributed by atoms with Crippen molar-refractivity contribution in [3.63, 3.8) is 0 Å². The van der Waals surface area contributed by atoms with E-state index in [4.69, 9.17) is 0 Å². The third kappa shape index (κ3) is 3.47. The molecule has 2 fully saturated rings. The second-order valence-electron chi connectivity index (χ2n) is 7.07. The minimum absolute atomic E-state index is 0.00433. The number of hydrogen-bond acceptors (Lipinski definition) is 2. The van der Waals surface area contributed by atoms with Gasteiger partial charge in [0.2, 0.25) is 11.8 Å². The van der Waals surface area contributed by atoms with Crippen LogP contribution in [0.2, 0.25) is 0 Å². The van der Waals surface area contributed by atoms with Gasteiger partial charge in [-0.25, -0.2) is 0 Å². The van der Waals surface area contributed by atoms with Crippen molar-refractivity contribution in [2.24, 2.45) is 5.92 Å². The Labute approximate surface area is 144 Å². The molecule has 1 N–H and O–H groups in total. The van der Waals surface area contributed by atoms with E-state index >= 15 is 0 Å². The molecule has 1 aliphatic heterocycles. The summed E-state index contributed by atoms with van der Waals surface area (Å²) in [6, 6.07) is 9.94. The minimum Gasteiger partial charge on any atom is -0.350 e. The molecule has 2 amide bonds. The maximum atomic E-state index is 12.8. The van der Waals surface area contributed by atoms with Gasteiger partial charge in [0, 0.05) is 12.6 Å². The molecule has 1 saturated carbocycles. The van der Waals surface area contributed by atoms with Gasteiger partial charge in [0.15, 0.2) is 0 Å². The first-order valence-corrected chi connectivity index (χ1v) is 9.36. The normalized spacial score (nSPS) is 24.0. The van der Waals surface area contributed by atoms with Gasteiger partial charge in [-0.15, -0.1) is 0 Å². The third-order valence-corrected chi connectivity index (χ3v) is 5.44. The maximum absolute atomic E-state index is 12.8. The number of rotatable bonds is 7. The number of hydrogen-bond donors (Lipinski definition) is 1. The Morgan fingerprint density at radius 1 is 1.25 bits per heavy atom. The maximum Gasteiger partial charge on any atom is 0.243 e. The SMILES string of the molecule is CCCCC(C(=O)NCc1ccccc1)N1C(=O)[C@@H]2CCCC[C@@H]21. The van der Waals surface area contributed by atoms with Crippen LogP contribution in [-0.2, 0) is 16.1 Å². The molecule has 1 aliphatic carbocycles. The van der Waals surface area contributed by atoms with Gasteiger partial charge in [-0.2, -0.15) is 0 Å². The van der Waals surface area contributed by atoms with Gasteiger partial charge in [-0.3, -0.25) is 9.59 Å². The molecule has 1 aromatic rings. The third-order valence-electron chi connectivity index (χ3n) is 5.44. The Hall–Kier alpha value is -1.84. The second kappa shape index (κ2) is 7.82. The van der Waals surface area contributed by atoms with Crippen molar-refractivity contribution < 1.29 is 9.59 Å². The fourth-order valence-electron chi connectivity index (χ4n) is 4.09. The van der Waals surface area contributed by atoms with Crippen molar-refractivity contribution in [3.05, 3.63) is 35.9 Å². The molecule has 1 saturated heterocycles. The van der Waals surface area contributed by atoms with E-state index in [1.54, 1.807) is 0 Å². The van der Waals surface area contributed by atoms with E-state index in [9.17, 15) is 9.59 Å². The number of nitrogens with one attached hydrogen (secondary N) is 1. The monoisotopic (exact) mass is 328 g/mol. The van der Waals surface area contributed by atoms with Gasteiger partial charge >= 0.3 is 0 Å². The quantitative estimate of drug-likeness (QED) is 0.781. The van der Waals surface area contributed by atoms with Crippen molar-refractivity contribution in [1.82, 2.24) is 10.2 Å². The molecule has 2 aliphatic rings. The first-order valence-electron chi connectivity index (χ1n) is 9.36. The van der Waals surface area contributed by atoms with Crippen molar-refractivity contribution in [2.45, 2.75) is 70.5 Å². The fraction of sp³-hybridized carbons (Fsp3) is 0.600. The average Bonchev–Trinajstić information content (AvgIpc) is 2.63. The lowest BCUT2D eigenvalue weighted by Crippen LogP contribution is -2.67. The van der Waals surface area contributed by atoms with E-state index in [0.29, 0.717) is 12.6 Å². The lowest BCUT2D eigenvalue weighted by molar-refractivity contribution is -0.168. The molecule has 1 unspecified atom stereocenters. The van der Waals surface area contributed by atoms with Crippen molar-refractivity contribution >= 4 is 11.8 Å². The Morgan fingerprint density at radius 3 is 2.75 bits per heavy atom. The molecule has 24 heavy (non-hydrogen) atoms. The molecular weight excluding hydrogens is 300 g/mol. The average molecular weight is 328 g/mol. The van der Waals surface area contributed by atoms with Gasteiger partial charge in [-0.1, -0.05) is 62.9 Å². The zero-order chi connectivity index (χ0) is 16.9. The molecule has 1 heterocycles. The number of fused-ring (bicyclic) bond motifs is 1. The summed E-state index contributed by atoms with van der Waals surface area (Å²) in [4.78, 5) is 27.2. The standard InChI is InChI=1S/C20H28N2O2/c1-2-3-12-18(19(23)21-14-15-9-5-4-6-10-15)22-17-13-8-7-11-16(17)20(22)24/h4-6,9-10,16-18H,2-3,7-8,11-14H2,1H3,(H,21,23)/t16-,17+,18?/m1/s1. The largest absolute Gasteiger partial charge is 0.350 e. The molecule has 3 rings (SSSR count). The Balaban J connectivity index is 1.64. The van der Waals surface area contributed by atoms with Crippen LogP contribution in [0.15, 0.2) is 30.3 Å². The van der Waals surface area contributed by atoms with Crippen LogP contribution >= 0.6 is 0 Å². The number of carbonyl (C=O) groups excluding carboxylic acids is 2. The molecular formula is C20H28N2O2. The van der Waals surface area contributed by atoms with E-state index in [0.717, 1.165) is 44.1 Å². The van der Waals surface area contributed by atoms with Crippen LogP contribution in [0.5, 0.6) is 0 Å². The minimum atomic E-state index is -0.291. The molecule has 1 aromatic carbocycles. The number of amides is 2. The summed E-state index contributed by atoms with van der Waals surface area (Å²) in [6.45, 7) is 2.65. The number of nitrogens with zero attached hydrogens (tertiary/aromatic N) is 1. The van der Waals surface area contributed by atoms with Crippen LogP contribution in [-0.4, -0.2) is 28.8 Å². The van der Waals surface area contributed by atoms with Crippen molar-refractivity contribution in [3.8, 4) is 0 Å². The van der Waals surface area contributed by atoms with Crippen LogP contribution in [0.3, 0.4) is 0 Å². The zero-order valence-corrected chi connectivity index (χ0v) is 14.5. The molecule has 130 valence electrons. The van der Waals surface area contributed by atoms with Crippen LogP contribution in [0.1, 0.15) is 57.4 Å². The highest BCUT2D eigenvalue weighted by molar-refractivity contribution is 5.93. The van der Waals surface area contributed by atoms with E-state index in [1.165, 1.54) is 6.42 Å². The van der Waals surface area contributed by atoms with Crippen LogP contribution < -0.4 is 5.32 Å². The number of unbranched alkanes of at least 4 members (excludes halogenated alkanes) is 1. The van der Waals surface area contributed by atoms with Gasteiger partial charge in [0.1, 0.15) is 6.04 Å². The Kier molecular flexibility index (Phi) is 5.54. The van der Waals surface area contributed by atoms with E-state index in [-0.39, 0.29) is 23.8 Å². The van der Waals surface area contributed by atoms with Crippen molar-refractivity contribution in [1.29, 1.82) is 0 Å². The number of benzene rings is 1. The molecule has 0 spiro atoms. The molecule has 0 bridgehead atoms. The predicted octanol–water partition coefficient (Wildman–Crippen LogP) is 3.26. The summed E-state index contributed by atoms with van der Waals surface area (Å²) in [5.74, 6) is 0.394. The lowest BCUT2D eigenvalue weighted by atomic mass is 9.74. The van der Waals surface area contributed by atoms with E-state index < -0.39 is 0 Å². The second-order valence-corrected chi connectivity index (χ2v) is 7.07. The van der Waals surface area contributed by atoms with Crippen LogP contribution in [0, 0.1) is 5.92 Å². The fourth-order valence-corrected chi connectivity index (χ4v) is 4.09. The van der Waals surface area contributed by atoms with Crippen molar-refractivity contribution in [2.75, 3.05) is 0 Å². The summed E-state index contributed by atoms with van der Waals surface area (Å²) < 4.78 is 0. The van der Waals surface area contributed by atoms with E-state index in [2.05, 4.69) is 12.2 Å². The zero-order valence-electron chi connectivity index (χ0n) is 14.5. The summed E-state index contributed by atoms with van der Waals surface area (Å²) in [5, 5.41) is 3.04. The van der Waals surface area contributed by atoms with Gasteiger partial charge in [-0.05, 0) is 24.8 Å². The first-order chi connectivity index (χ1) is 11.7. The van der Waals surface area contributed by atoms with Crippen LogP contribution in [0.25, 0.3) is 0 Å². The molecule has 0 aromatic heterocycles. The van der Waals surface area contributed by atoms with E-state index in [1.807, 2.05) is 35.2 Å². The molecule has 3 atom stereocenters. The summed E-state index contributed by atoms with van der Waals surface area (Å²) in [7, 11) is 0. The summed E-state index contributed by atoms with van der Waals surface area (Å²) in [6.07, 6.45) is 7.18. The van der Waals surface area contributed by atoms with Gasteiger partial charge in [0.25, 0.3) is 0 Å². The molecule has 4 heteroatoms. The highest BCUT2D eigenvalue weighted by atomic mass is 16.2. The first kappa shape index (κ1) is 17.0. The summed E-state index contributed by atoms with van der Waals surface area (Å²) in [5.41, 5.74) is 1.09. The predicted molar refractivity (Wildman–Crippen MR) is 94.2 cm³/mol. The summed E-state index contributed by atoms with van der Waals surface area (Å²) >= 11 is 0. The Morgan fingerprint density at radius 2 is 2.00 bits per heavy atom. The highest BCUT2D eigenvalue weighted by Crippen LogP contribution is 2.40. The molecule has 0 radical (unpaired) electrons. The lowest BCUT2D eigenvalue weighted by Gasteiger charge is -2.52. The van der Waals surface area contributed by atoms with Gasteiger partial charge < -0.3 is 10.2 Å². The molecule has 4 nitrogen and oxygen atoms in total. The number of β-lactam (4-membered cyclic amide) rings is 1.